The third kappa shape index (κ3) is 2.16. The second-order valence-electron chi connectivity index (χ2n) is 4.52. The van der Waals surface area contributed by atoms with Crippen LogP contribution in [-0.2, 0) is 11.2 Å². The largest absolute Gasteiger partial charge is 0.481 e. The van der Waals surface area contributed by atoms with Gasteiger partial charge in [0.15, 0.2) is 0 Å². The Bertz CT molecular complexity index is 572. The molecule has 0 aliphatic heterocycles. The monoisotopic (exact) mass is 232 g/mol. The average molecular weight is 232 g/mol. The molecule has 2 aromatic heterocycles. The van der Waals surface area contributed by atoms with Crippen LogP contribution in [-0.4, -0.2) is 20.5 Å². The van der Waals surface area contributed by atoms with Gasteiger partial charge in [0.1, 0.15) is 5.65 Å². The number of hydrogen-bond donors (Lipinski definition) is 1. The second kappa shape index (κ2) is 4.20. The first kappa shape index (κ1) is 11.6. The zero-order valence-corrected chi connectivity index (χ0v) is 10.3. The predicted molar refractivity (Wildman–Crippen MR) is 65.2 cm³/mol. The molecule has 0 fully saturated rings. The molecule has 4 heteroatoms. The summed E-state index contributed by atoms with van der Waals surface area (Å²) in [5.41, 5.74) is 3.93. The lowest BCUT2D eigenvalue weighted by Gasteiger charge is -2.03. The Balaban J connectivity index is 2.42. The Morgan fingerprint density at radius 1 is 1.53 bits per heavy atom. The minimum Gasteiger partial charge on any atom is -0.481 e. The summed E-state index contributed by atoms with van der Waals surface area (Å²) in [7, 11) is 0. The fraction of sp³-hybridized carbons (Fsp3) is 0.385. The number of aromatic nitrogens is 2. The van der Waals surface area contributed by atoms with E-state index in [0.29, 0.717) is 6.42 Å². The van der Waals surface area contributed by atoms with Crippen molar-refractivity contribution in [1.82, 2.24) is 9.38 Å². The van der Waals surface area contributed by atoms with Crippen LogP contribution in [0, 0.1) is 19.8 Å². The van der Waals surface area contributed by atoms with Gasteiger partial charge in [-0.05, 0) is 31.5 Å². The Morgan fingerprint density at radius 2 is 2.24 bits per heavy atom. The van der Waals surface area contributed by atoms with E-state index < -0.39 is 11.9 Å². The number of rotatable bonds is 3. The quantitative estimate of drug-likeness (QED) is 0.882. The summed E-state index contributed by atoms with van der Waals surface area (Å²) < 4.78 is 2.00. The van der Waals surface area contributed by atoms with Crippen LogP contribution >= 0.6 is 0 Å². The highest BCUT2D eigenvalue weighted by atomic mass is 16.4. The molecule has 17 heavy (non-hydrogen) atoms. The molecule has 0 aromatic carbocycles. The van der Waals surface area contributed by atoms with Crippen molar-refractivity contribution >= 4 is 11.6 Å². The topological polar surface area (TPSA) is 54.6 Å². The maximum absolute atomic E-state index is 10.8. The third-order valence-electron chi connectivity index (χ3n) is 3.04. The number of fused-ring (bicyclic) bond motifs is 1. The van der Waals surface area contributed by atoms with Gasteiger partial charge in [0, 0.05) is 18.3 Å². The molecule has 4 nitrogen and oxygen atoms in total. The molecular formula is C13H16N2O2. The smallest absolute Gasteiger partial charge is 0.306 e. The number of hydrogen-bond acceptors (Lipinski definition) is 2. The fourth-order valence-corrected chi connectivity index (χ4v) is 1.89. The van der Waals surface area contributed by atoms with Crippen molar-refractivity contribution in [3.63, 3.8) is 0 Å². The number of carboxylic acid groups (broad SMARTS) is 1. The summed E-state index contributed by atoms with van der Waals surface area (Å²) in [6.07, 6.45) is 2.45. The molecule has 2 heterocycles. The van der Waals surface area contributed by atoms with Crippen LogP contribution in [0.15, 0.2) is 18.3 Å². The predicted octanol–water partition coefficient (Wildman–Crippen LogP) is 2.21. The molecule has 2 rings (SSSR count). The number of imidazole rings is 1. The molecule has 0 amide bonds. The normalized spacial score (nSPS) is 12.9. The van der Waals surface area contributed by atoms with Gasteiger partial charge in [-0.15, -0.1) is 0 Å². The molecule has 0 saturated heterocycles. The Morgan fingerprint density at radius 3 is 2.88 bits per heavy atom. The summed E-state index contributed by atoms with van der Waals surface area (Å²) in [5.74, 6) is -1.18. The average Bonchev–Trinajstić information content (AvgIpc) is 2.55. The van der Waals surface area contributed by atoms with Crippen LogP contribution in [0.2, 0.25) is 0 Å². The SMILES string of the molecule is Cc1ccn2c(C)c(CC(C)C(=O)O)nc2c1. The van der Waals surface area contributed by atoms with E-state index >= 15 is 0 Å². The van der Waals surface area contributed by atoms with Gasteiger partial charge in [0.25, 0.3) is 0 Å². The van der Waals surface area contributed by atoms with Crippen LogP contribution in [0.25, 0.3) is 5.65 Å². The Hall–Kier alpha value is -1.84. The molecule has 0 radical (unpaired) electrons. The minimum atomic E-state index is -0.780. The lowest BCUT2D eigenvalue weighted by Crippen LogP contribution is -2.13. The summed E-state index contributed by atoms with van der Waals surface area (Å²) in [6.45, 7) is 5.69. The van der Waals surface area contributed by atoms with Gasteiger partial charge in [-0.2, -0.15) is 0 Å². The number of carboxylic acids is 1. The van der Waals surface area contributed by atoms with Crippen molar-refractivity contribution in [2.45, 2.75) is 27.2 Å². The Labute approximate surface area is 99.9 Å². The van der Waals surface area contributed by atoms with Crippen molar-refractivity contribution in [2.24, 2.45) is 5.92 Å². The minimum absolute atomic E-state index is 0.403. The zero-order valence-electron chi connectivity index (χ0n) is 10.3. The summed E-state index contributed by atoms with van der Waals surface area (Å²) in [6, 6.07) is 4.02. The van der Waals surface area contributed by atoms with Crippen LogP contribution in [0.4, 0.5) is 0 Å². The first-order valence-corrected chi connectivity index (χ1v) is 5.66. The molecule has 0 aliphatic carbocycles. The third-order valence-corrected chi connectivity index (χ3v) is 3.04. The maximum atomic E-state index is 10.8. The summed E-state index contributed by atoms with van der Waals surface area (Å²) >= 11 is 0. The van der Waals surface area contributed by atoms with E-state index in [0.717, 1.165) is 22.6 Å². The fourth-order valence-electron chi connectivity index (χ4n) is 1.89. The highest BCUT2D eigenvalue weighted by Gasteiger charge is 2.16. The van der Waals surface area contributed by atoms with Gasteiger partial charge in [0.05, 0.1) is 11.6 Å². The molecule has 0 saturated carbocycles. The van der Waals surface area contributed by atoms with Gasteiger partial charge in [-0.3, -0.25) is 4.79 Å². The van der Waals surface area contributed by atoms with Crippen LogP contribution in [0.5, 0.6) is 0 Å². The molecule has 2 aromatic rings. The first-order chi connectivity index (χ1) is 7.99. The lowest BCUT2D eigenvalue weighted by atomic mass is 10.1. The van der Waals surface area contributed by atoms with Crippen LogP contribution in [0.1, 0.15) is 23.9 Å². The molecule has 0 bridgehead atoms. The first-order valence-electron chi connectivity index (χ1n) is 5.66. The highest BCUT2D eigenvalue weighted by Crippen LogP contribution is 2.16. The van der Waals surface area contributed by atoms with Crippen molar-refractivity contribution in [3.8, 4) is 0 Å². The second-order valence-corrected chi connectivity index (χ2v) is 4.52. The van der Waals surface area contributed by atoms with Crippen molar-refractivity contribution in [3.05, 3.63) is 35.3 Å². The van der Waals surface area contributed by atoms with E-state index in [1.807, 2.05) is 36.6 Å². The van der Waals surface area contributed by atoms with Gasteiger partial charge in [0.2, 0.25) is 0 Å². The number of carbonyl (C=O) groups is 1. The van der Waals surface area contributed by atoms with Crippen molar-refractivity contribution < 1.29 is 9.90 Å². The van der Waals surface area contributed by atoms with Crippen LogP contribution in [0.3, 0.4) is 0 Å². The standard InChI is InChI=1S/C13H16N2O2/c1-8-4-5-15-10(3)11(14-12(15)6-8)7-9(2)13(16)17/h4-6,9H,7H2,1-3H3,(H,16,17). The molecule has 1 atom stereocenters. The molecule has 0 aliphatic rings. The van der Waals surface area contributed by atoms with E-state index in [4.69, 9.17) is 5.11 Å². The summed E-state index contributed by atoms with van der Waals surface area (Å²) in [4.78, 5) is 15.3. The summed E-state index contributed by atoms with van der Waals surface area (Å²) in [5, 5.41) is 8.92. The van der Waals surface area contributed by atoms with Gasteiger partial charge >= 0.3 is 5.97 Å². The molecule has 1 N–H and O–H groups in total. The molecular weight excluding hydrogens is 216 g/mol. The van der Waals surface area contributed by atoms with E-state index in [9.17, 15) is 4.79 Å². The van der Waals surface area contributed by atoms with Gasteiger partial charge in [-0.25, -0.2) is 4.98 Å². The lowest BCUT2D eigenvalue weighted by molar-refractivity contribution is -0.141. The van der Waals surface area contributed by atoms with Crippen LogP contribution < -0.4 is 0 Å². The van der Waals surface area contributed by atoms with E-state index in [-0.39, 0.29) is 0 Å². The van der Waals surface area contributed by atoms with Gasteiger partial charge in [-0.1, -0.05) is 6.92 Å². The zero-order chi connectivity index (χ0) is 12.6. The number of pyridine rings is 1. The number of aliphatic carboxylic acids is 1. The number of aryl methyl sites for hydroxylation is 2. The van der Waals surface area contributed by atoms with Crippen molar-refractivity contribution in [1.29, 1.82) is 0 Å². The van der Waals surface area contributed by atoms with E-state index in [2.05, 4.69) is 4.98 Å². The molecule has 0 spiro atoms. The molecule has 90 valence electrons. The van der Waals surface area contributed by atoms with E-state index in [1.54, 1.807) is 6.92 Å². The maximum Gasteiger partial charge on any atom is 0.306 e. The number of nitrogens with zero attached hydrogens (tertiary/aromatic N) is 2. The van der Waals surface area contributed by atoms with Crippen molar-refractivity contribution in [2.75, 3.05) is 0 Å². The van der Waals surface area contributed by atoms with E-state index in [1.165, 1.54) is 0 Å². The highest BCUT2D eigenvalue weighted by molar-refractivity contribution is 5.70. The molecule has 1 unspecified atom stereocenters. The Kier molecular flexibility index (Phi) is 2.88. The van der Waals surface area contributed by atoms with Gasteiger partial charge < -0.3 is 9.51 Å².